The molecule has 60 valence electrons. The zero-order valence-electron chi connectivity index (χ0n) is 7.22. The van der Waals surface area contributed by atoms with Gasteiger partial charge in [0.2, 0.25) is 0 Å². The van der Waals surface area contributed by atoms with E-state index in [0.29, 0.717) is 0 Å². The molecule has 2 atom stereocenters. The molecule has 2 unspecified atom stereocenters. The minimum Gasteiger partial charge on any atom is -0.0839 e. The van der Waals surface area contributed by atoms with Crippen molar-refractivity contribution in [2.45, 2.75) is 32.6 Å². The van der Waals surface area contributed by atoms with Crippen molar-refractivity contribution >= 4 is 0 Å². The predicted molar refractivity (Wildman–Crippen MR) is 48.3 cm³/mol. The first-order valence-electron chi connectivity index (χ1n) is 4.72. The van der Waals surface area contributed by atoms with Crippen molar-refractivity contribution in [1.29, 1.82) is 0 Å². The van der Waals surface area contributed by atoms with Crippen LogP contribution in [0.15, 0.2) is 23.8 Å². The quantitative estimate of drug-likeness (QED) is 0.494. The van der Waals surface area contributed by atoms with Crippen LogP contribution in [0.1, 0.15) is 32.6 Å². The number of fused-ring (bicyclic) bond motifs is 1. The van der Waals surface area contributed by atoms with Crippen molar-refractivity contribution < 1.29 is 0 Å². The summed E-state index contributed by atoms with van der Waals surface area (Å²) in [5.74, 6) is 1.87. The molecule has 1 saturated carbocycles. The third-order valence-corrected chi connectivity index (χ3v) is 3.00. The molecule has 0 bridgehead atoms. The van der Waals surface area contributed by atoms with E-state index in [-0.39, 0.29) is 0 Å². The first-order chi connectivity index (χ1) is 5.36. The lowest BCUT2D eigenvalue weighted by Crippen LogP contribution is -2.16. The molecular weight excluding hydrogens is 132 g/mol. The molecule has 1 fully saturated rings. The molecule has 0 nitrogen and oxygen atoms in total. The summed E-state index contributed by atoms with van der Waals surface area (Å²) in [6.07, 6.45) is 12.4. The summed E-state index contributed by atoms with van der Waals surface area (Å²) in [6.45, 7) is 2.38. The van der Waals surface area contributed by atoms with Crippen molar-refractivity contribution in [2.24, 2.45) is 11.8 Å². The Morgan fingerprint density at radius 3 is 3.27 bits per heavy atom. The zero-order valence-corrected chi connectivity index (χ0v) is 7.22. The fourth-order valence-electron chi connectivity index (χ4n) is 2.27. The lowest BCUT2D eigenvalue weighted by molar-refractivity contribution is 0.353. The van der Waals surface area contributed by atoms with Gasteiger partial charge in [-0.15, -0.1) is 0 Å². The van der Waals surface area contributed by atoms with Crippen molar-refractivity contribution in [3.05, 3.63) is 23.8 Å². The Morgan fingerprint density at radius 2 is 2.36 bits per heavy atom. The maximum Gasteiger partial charge on any atom is -0.0163 e. The Kier molecular flexibility index (Phi) is 1.85. The highest BCUT2D eigenvalue weighted by molar-refractivity contribution is 5.22. The highest BCUT2D eigenvalue weighted by Crippen LogP contribution is 2.36. The fourth-order valence-corrected chi connectivity index (χ4v) is 2.27. The summed E-state index contributed by atoms with van der Waals surface area (Å²) >= 11 is 0. The largest absolute Gasteiger partial charge is 0.0839 e. The van der Waals surface area contributed by atoms with E-state index < -0.39 is 0 Å². The van der Waals surface area contributed by atoms with Crippen molar-refractivity contribution in [3.8, 4) is 0 Å². The Morgan fingerprint density at radius 1 is 1.45 bits per heavy atom. The monoisotopic (exact) mass is 148 g/mol. The van der Waals surface area contributed by atoms with Crippen LogP contribution in [-0.2, 0) is 0 Å². The second-order valence-electron chi connectivity index (χ2n) is 3.98. The lowest BCUT2D eigenvalue weighted by Gasteiger charge is -2.30. The van der Waals surface area contributed by atoms with Gasteiger partial charge in [-0.1, -0.05) is 30.7 Å². The van der Waals surface area contributed by atoms with Gasteiger partial charge in [0.15, 0.2) is 0 Å². The van der Waals surface area contributed by atoms with Crippen LogP contribution in [0.2, 0.25) is 0 Å². The van der Waals surface area contributed by atoms with Gasteiger partial charge in [-0.2, -0.15) is 0 Å². The maximum atomic E-state index is 2.38. The van der Waals surface area contributed by atoms with Gasteiger partial charge in [0.25, 0.3) is 0 Å². The Labute approximate surface area is 69.0 Å². The molecule has 11 heavy (non-hydrogen) atoms. The molecule has 0 aromatic rings. The number of hydrogen-bond acceptors (Lipinski definition) is 0. The molecule has 0 heteroatoms. The van der Waals surface area contributed by atoms with Crippen LogP contribution < -0.4 is 0 Å². The Balaban J connectivity index is 2.11. The molecule has 0 aromatic carbocycles. The second-order valence-corrected chi connectivity index (χ2v) is 3.98. The zero-order chi connectivity index (χ0) is 7.68. The van der Waals surface area contributed by atoms with Crippen LogP contribution in [0.25, 0.3) is 0 Å². The van der Waals surface area contributed by atoms with E-state index in [1.165, 1.54) is 25.7 Å². The van der Waals surface area contributed by atoms with Crippen LogP contribution in [-0.4, -0.2) is 0 Å². The fraction of sp³-hybridized carbons (Fsp3) is 0.636. The van der Waals surface area contributed by atoms with E-state index in [2.05, 4.69) is 25.2 Å². The van der Waals surface area contributed by atoms with Crippen LogP contribution in [0.3, 0.4) is 0 Å². The van der Waals surface area contributed by atoms with E-state index in [1.807, 2.05) is 0 Å². The Bertz CT molecular complexity index is 198. The summed E-state index contributed by atoms with van der Waals surface area (Å²) in [5, 5.41) is 0. The Hall–Kier alpha value is -0.520. The molecule has 2 rings (SSSR count). The average molecular weight is 148 g/mol. The summed E-state index contributed by atoms with van der Waals surface area (Å²) in [6, 6.07) is 0. The number of hydrogen-bond donors (Lipinski definition) is 0. The minimum absolute atomic E-state index is 0.906. The number of rotatable bonds is 0. The highest BCUT2D eigenvalue weighted by Gasteiger charge is 2.22. The molecule has 0 aromatic heterocycles. The van der Waals surface area contributed by atoms with Crippen molar-refractivity contribution in [1.82, 2.24) is 0 Å². The summed E-state index contributed by atoms with van der Waals surface area (Å²) in [5.41, 5.74) is 1.71. The van der Waals surface area contributed by atoms with E-state index >= 15 is 0 Å². The van der Waals surface area contributed by atoms with Crippen LogP contribution in [0.4, 0.5) is 0 Å². The summed E-state index contributed by atoms with van der Waals surface area (Å²) in [4.78, 5) is 0. The smallest absolute Gasteiger partial charge is 0.0163 e. The average Bonchev–Trinajstić information content (AvgIpc) is 2.04. The van der Waals surface area contributed by atoms with E-state index in [9.17, 15) is 0 Å². The molecule has 0 radical (unpaired) electrons. The van der Waals surface area contributed by atoms with Crippen LogP contribution in [0, 0.1) is 11.8 Å². The van der Waals surface area contributed by atoms with E-state index in [0.717, 1.165) is 11.8 Å². The topological polar surface area (TPSA) is 0 Å². The normalized spacial score (nSPS) is 36.3. The minimum atomic E-state index is 0.906. The maximum absolute atomic E-state index is 2.38. The predicted octanol–water partition coefficient (Wildman–Crippen LogP) is 3.31. The van der Waals surface area contributed by atoms with Gasteiger partial charge in [0, 0.05) is 0 Å². The van der Waals surface area contributed by atoms with E-state index in [4.69, 9.17) is 0 Å². The highest BCUT2D eigenvalue weighted by atomic mass is 14.3. The first-order valence-corrected chi connectivity index (χ1v) is 4.72. The molecular formula is C11H16. The molecule has 0 amide bonds. The SMILES string of the molecule is CC1CCC2=CC=CCC2C1. The molecule has 0 aliphatic heterocycles. The molecule has 0 spiro atoms. The van der Waals surface area contributed by atoms with Crippen LogP contribution >= 0.6 is 0 Å². The first kappa shape index (κ1) is 7.15. The van der Waals surface area contributed by atoms with Gasteiger partial charge in [-0.05, 0) is 37.5 Å². The lowest BCUT2D eigenvalue weighted by atomic mass is 9.75. The van der Waals surface area contributed by atoms with Crippen molar-refractivity contribution in [2.75, 3.05) is 0 Å². The molecule has 0 saturated heterocycles. The van der Waals surface area contributed by atoms with E-state index in [1.54, 1.807) is 5.57 Å². The van der Waals surface area contributed by atoms with Gasteiger partial charge in [-0.25, -0.2) is 0 Å². The van der Waals surface area contributed by atoms with Gasteiger partial charge in [0.05, 0.1) is 0 Å². The van der Waals surface area contributed by atoms with Gasteiger partial charge < -0.3 is 0 Å². The van der Waals surface area contributed by atoms with Gasteiger partial charge in [-0.3, -0.25) is 0 Å². The molecule has 0 N–H and O–H groups in total. The molecule has 2 aliphatic rings. The molecule has 2 aliphatic carbocycles. The summed E-state index contributed by atoms with van der Waals surface area (Å²) in [7, 11) is 0. The second kappa shape index (κ2) is 2.84. The third kappa shape index (κ3) is 1.40. The van der Waals surface area contributed by atoms with Crippen LogP contribution in [0.5, 0.6) is 0 Å². The number of allylic oxidation sites excluding steroid dienone is 4. The van der Waals surface area contributed by atoms with Gasteiger partial charge >= 0.3 is 0 Å². The standard InChI is InChI=1S/C11H16/c1-9-6-7-10-4-2-3-5-11(10)8-9/h2-4,9,11H,5-8H2,1H3. The van der Waals surface area contributed by atoms with Crippen molar-refractivity contribution in [3.63, 3.8) is 0 Å². The third-order valence-electron chi connectivity index (χ3n) is 3.00. The molecule has 0 heterocycles. The van der Waals surface area contributed by atoms with Gasteiger partial charge in [0.1, 0.15) is 0 Å². The summed E-state index contributed by atoms with van der Waals surface area (Å²) < 4.78 is 0.